The van der Waals surface area contributed by atoms with E-state index in [0.717, 1.165) is 5.69 Å². The van der Waals surface area contributed by atoms with Crippen molar-refractivity contribution in [2.24, 2.45) is 0 Å². The lowest BCUT2D eigenvalue weighted by Crippen LogP contribution is -2.10. The van der Waals surface area contributed by atoms with Crippen LogP contribution >= 0.6 is 0 Å². The van der Waals surface area contributed by atoms with Gasteiger partial charge in [-0.15, -0.1) is 0 Å². The lowest BCUT2D eigenvalue weighted by Gasteiger charge is -2.08. The standard InChI is InChI=1S/C10H11FN2O/c1-6-4-8-9(5-7(6)11)13-10(14)2-3-12-8/h4-5,12H,2-3H2,1H3,(H,13,14). The van der Waals surface area contributed by atoms with Crippen molar-refractivity contribution in [3.8, 4) is 0 Å². The third kappa shape index (κ3) is 1.55. The van der Waals surface area contributed by atoms with Gasteiger partial charge in [0.05, 0.1) is 11.4 Å². The van der Waals surface area contributed by atoms with Gasteiger partial charge in [0, 0.05) is 13.0 Å². The van der Waals surface area contributed by atoms with Gasteiger partial charge in [-0.1, -0.05) is 0 Å². The number of nitrogens with one attached hydrogen (secondary N) is 2. The summed E-state index contributed by atoms with van der Waals surface area (Å²) in [6.45, 7) is 2.29. The minimum Gasteiger partial charge on any atom is -0.383 e. The molecule has 2 N–H and O–H groups in total. The van der Waals surface area contributed by atoms with Crippen LogP contribution < -0.4 is 10.6 Å². The molecule has 74 valence electrons. The van der Waals surface area contributed by atoms with Crippen LogP contribution in [0.2, 0.25) is 0 Å². The Morgan fingerprint density at radius 3 is 2.93 bits per heavy atom. The Labute approximate surface area is 81.3 Å². The van der Waals surface area contributed by atoms with Crippen LogP contribution in [-0.4, -0.2) is 12.5 Å². The second-order valence-electron chi connectivity index (χ2n) is 3.37. The first-order valence-corrected chi connectivity index (χ1v) is 4.50. The maximum Gasteiger partial charge on any atom is 0.226 e. The van der Waals surface area contributed by atoms with Gasteiger partial charge >= 0.3 is 0 Å². The van der Waals surface area contributed by atoms with E-state index in [9.17, 15) is 9.18 Å². The highest BCUT2D eigenvalue weighted by Crippen LogP contribution is 2.27. The molecule has 4 heteroatoms. The van der Waals surface area contributed by atoms with Crippen molar-refractivity contribution in [3.05, 3.63) is 23.5 Å². The van der Waals surface area contributed by atoms with Crippen LogP contribution in [0.4, 0.5) is 15.8 Å². The normalized spacial score (nSPS) is 15.1. The number of amides is 1. The number of fused-ring (bicyclic) bond motifs is 1. The highest BCUT2D eigenvalue weighted by atomic mass is 19.1. The highest BCUT2D eigenvalue weighted by molar-refractivity contribution is 5.96. The maximum absolute atomic E-state index is 13.2. The van der Waals surface area contributed by atoms with Crippen molar-refractivity contribution in [1.29, 1.82) is 0 Å². The first-order chi connectivity index (χ1) is 6.66. The Kier molecular flexibility index (Phi) is 2.11. The zero-order valence-corrected chi connectivity index (χ0v) is 7.86. The van der Waals surface area contributed by atoms with Crippen LogP contribution in [0.1, 0.15) is 12.0 Å². The number of benzene rings is 1. The molecule has 1 aromatic rings. The van der Waals surface area contributed by atoms with Crippen LogP contribution in [0.15, 0.2) is 12.1 Å². The quantitative estimate of drug-likeness (QED) is 0.662. The van der Waals surface area contributed by atoms with E-state index in [1.165, 1.54) is 6.07 Å². The molecule has 2 rings (SSSR count). The predicted molar refractivity (Wildman–Crippen MR) is 52.9 cm³/mol. The third-order valence-corrected chi connectivity index (χ3v) is 2.24. The molecule has 0 radical (unpaired) electrons. The minimum absolute atomic E-state index is 0.0838. The van der Waals surface area contributed by atoms with E-state index in [2.05, 4.69) is 10.6 Å². The maximum atomic E-state index is 13.2. The summed E-state index contributed by atoms with van der Waals surface area (Å²) in [5.41, 5.74) is 1.89. The number of rotatable bonds is 0. The fourth-order valence-corrected chi connectivity index (χ4v) is 1.45. The van der Waals surface area contributed by atoms with E-state index < -0.39 is 0 Å². The van der Waals surface area contributed by atoms with Gasteiger partial charge in [-0.2, -0.15) is 0 Å². The van der Waals surface area contributed by atoms with E-state index in [4.69, 9.17) is 0 Å². The molecule has 1 heterocycles. The molecule has 1 amide bonds. The SMILES string of the molecule is Cc1cc2c(cc1F)NC(=O)CCN2. The van der Waals surface area contributed by atoms with Gasteiger partial charge in [0.15, 0.2) is 0 Å². The van der Waals surface area contributed by atoms with Crippen molar-refractivity contribution in [1.82, 2.24) is 0 Å². The molecule has 0 saturated heterocycles. The zero-order valence-electron chi connectivity index (χ0n) is 7.86. The van der Waals surface area contributed by atoms with Crippen LogP contribution in [-0.2, 0) is 4.79 Å². The number of anilines is 2. The van der Waals surface area contributed by atoms with E-state index in [0.29, 0.717) is 24.2 Å². The number of hydrogen-bond donors (Lipinski definition) is 2. The Hall–Kier alpha value is -1.58. The van der Waals surface area contributed by atoms with Gasteiger partial charge in [-0.3, -0.25) is 4.79 Å². The molecule has 0 spiro atoms. The monoisotopic (exact) mass is 194 g/mol. The van der Waals surface area contributed by atoms with Crippen molar-refractivity contribution >= 4 is 17.3 Å². The molecule has 0 aromatic heterocycles. The molecule has 1 aliphatic heterocycles. The smallest absolute Gasteiger partial charge is 0.226 e. The average Bonchev–Trinajstić information content (AvgIpc) is 2.28. The lowest BCUT2D eigenvalue weighted by atomic mass is 10.2. The third-order valence-electron chi connectivity index (χ3n) is 2.24. The Morgan fingerprint density at radius 1 is 1.36 bits per heavy atom. The van der Waals surface area contributed by atoms with Gasteiger partial charge in [-0.25, -0.2) is 4.39 Å². The van der Waals surface area contributed by atoms with E-state index >= 15 is 0 Å². The van der Waals surface area contributed by atoms with Crippen molar-refractivity contribution in [2.45, 2.75) is 13.3 Å². The Balaban J connectivity index is 2.46. The summed E-state index contributed by atoms with van der Waals surface area (Å²) in [7, 11) is 0. The summed E-state index contributed by atoms with van der Waals surface area (Å²) in [5.74, 6) is -0.382. The number of aryl methyl sites for hydroxylation is 1. The van der Waals surface area contributed by atoms with E-state index in [-0.39, 0.29) is 11.7 Å². The summed E-state index contributed by atoms with van der Waals surface area (Å²) in [6.07, 6.45) is 0.412. The van der Waals surface area contributed by atoms with Gasteiger partial charge < -0.3 is 10.6 Å². The van der Waals surface area contributed by atoms with Gasteiger partial charge in [0.2, 0.25) is 5.91 Å². The molecule has 0 atom stereocenters. The van der Waals surface area contributed by atoms with Crippen LogP contribution in [0.25, 0.3) is 0 Å². The predicted octanol–water partition coefficient (Wildman–Crippen LogP) is 1.89. The van der Waals surface area contributed by atoms with Gasteiger partial charge in [0.1, 0.15) is 5.82 Å². The van der Waals surface area contributed by atoms with Crippen LogP contribution in [0, 0.1) is 12.7 Å². The van der Waals surface area contributed by atoms with Crippen molar-refractivity contribution in [2.75, 3.05) is 17.2 Å². The second kappa shape index (κ2) is 3.29. The number of halogens is 1. The lowest BCUT2D eigenvalue weighted by molar-refractivity contribution is -0.115. The number of carbonyl (C=O) groups excluding carboxylic acids is 1. The van der Waals surface area contributed by atoms with Crippen molar-refractivity contribution in [3.63, 3.8) is 0 Å². The minimum atomic E-state index is -0.298. The highest BCUT2D eigenvalue weighted by Gasteiger charge is 2.13. The second-order valence-corrected chi connectivity index (χ2v) is 3.37. The molecular weight excluding hydrogens is 183 g/mol. The summed E-state index contributed by atoms with van der Waals surface area (Å²) < 4.78 is 13.2. The molecule has 0 bridgehead atoms. The van der Waals surface area contributed by atoms with Crippen LogP contribution in [0.5, 0.6) is 0 Å². The molecule has 3 nitrogen and oxygen atoms in total. The summed E-state index contributed by atoms with van der Waals surface area (Å²) in [6, 6.07) is 3.05. The van der Waals surface area contributed by atoms with E-state index in [1.54, 1.807) is 13.0 Å². The molecule has 0 unspecified atom stereocenters. The average molecular weight is 194 g/mol. The largest absolute Gasteiger partial charge is 0.383 e. The van der Waals surface area contributed by atoms with E-state index in [1.807, 2.05) is 0 Å². The van der Waals surface area contributed by atoms with Gasteiger partial charge in [-0.05, 0) is 24.6 Å². The molecule has 1 aromatic carbocycles. The summed E-state index contributed by atoms with van der Waals surface area (Å²) in [5, 5.41) is 5.72. The fraction of sp³-hybridized carbons (Fsp3) is 0.300. The molecule has 14 heavy (non-hydrogen) atoms. The molecule has 0 aliphatic carbocycles. The molecular formula is C10H11FN2O. The Bertz CT molecular complexity index is 390. The first kappa shape index (κ1) is 8.99. The first-order valence-electron chi connectivity index (χ1n) is 4.50. The van der Waals surface area contributed by atoms with Crippen molar-refractivity contribution < 1.29 is 9.18 Å². The van der Waals surface area contributed by atoms with Crippen LogP contribution in [0.3, 0.4) is 0 Å². The zero-order chi connectivity index (χ0) is 10.1. The Morgan fingerprint density at radius 2 is 2.14 bits per heavy atom. The molecule has 1 aliphatic rings. The number of carbonyl (C=O) groups is 1. The topological polar surface area (TPSA) is 41.1 Å². The molecule has 0 saturated carbocycles. The van der Waals surface area contributed by atoms with Gasteiger partial charge in [0.25, 0.3) is 0 Å². The summed E-state index contributed by atoms with van der Waals surface area (Å²) >= 11 is 0. The molecule has 0 fully saturated rings. The number of hydrogen-bond acceptors (Lipinski definition) is 2. The summed E-state index contributed by atoms with van der Waals surface area (Å²) in [4.78, 5) is 11.2. The fourth-order valence-electron chi connectivity index (χ4n) is 1.45.